The Morgan fingerprint density at radius 1 is 1.47 bits per heavy atom. The van der Waals surface area contributed by atoms with Crippen LogP contribution in [0.2, 0.25) is 5.02 Å². The van der Waals surface area contributed by atoms with Crippen LogP contribution in [0.15, 0.2) is 24.3 Å². The highest BCUT2D eigenvalue weighted by Crippen LogP contribution is 2.19. The maximum absolute atomic E-state index is 11.5. The van der Waals surface area contributed by atoms with E-state index in [9.17, 15) is 13.5 Å². The molecule has 1 rings (SSSR count). The van der Waals surface area contributed by atoms with Gasteiger partial charge in [-0.15, -0.1) is 0 Å². The van der Waals surface area contributed by atoms with Crippen molar-refractivity contribution in [3.05, 3.63) is 34.9 Å². The molecule has 0 aliphatic rings. The average Bonchev–Trinajstić information content (AvgIpc) is 2.28. The first-order valence-electron chi connectivity index (χ1n) is 5.24. The molecule has 0 amide bonds. The van der Waals surface area contributed by atoms with Gasteiger partial charge < -0.3 is 5.11 Å². The molecule has 96 valence electrons. The van der Waals surface area contributed by atoms with Crippen molar-refractivity contribution >= 4 is 21.6 Å². The molecule has 0 aliphatic heterocycles. The summed E-state index contributed by atoms with van der Waals surface area (Å²) in [7, 11) is -1.82. The van der Waals surface area contributed by atoms with Gasteiger partial charge in [0.2, 0.25) is 10.0 Å². The lowest BCUT2D eigenvalue weighted by Gasteiger charge is -2.20. The molecule has 0 heterocycles. The van der Waals surface area contributed by atoms with Gasteiger partial charge in [-0.3, -0.25) is 0 Å². The molecular formula is C11H16ClNO3S. The number of rotatable bonds is 5. The summed E-state index contributed by atoms with van der Waals surface area (Å²) in [6.07, 6.45) is -0.875. The summed E-state index contributed by atoms with van der Waals surface area (Å²) in [5.74, 6) is 0.0196. The third-order valence-electron chi connectivity index (χ3n) is 2.50. The summed E-state index contributed by atoms with van der Waals surface area (Å²) >= 11 is 5.80. The van der Waals surface area contributed by atoms with Crippen LogP contribution in [-0.2, 0) is 10.0 Å². The molecule has 17 heavy (non-hydrogen) atoms. The van der Waals surface area contributed by atoms with E-state index in [-0.39, 0.29) is 12.3 Å². The number of aliphatic hydroxyl groups excluding tert-OH is 1. The molecule has 0 bridgehead atoms. The van der Waals surface area contributed by atoms with Crippen LogP contribution in [-0.4, -0.2) is 37.2 Å². The van der Waals surface area contributed by atoms with E-state index < -0.39 is 16.1 Å². The fourth-order valence-corrected chi connectivity index (χ4v) is 2.40. The maximum atomic E-state index is 11.5. The third kappa shape index (κ3) is 3.96. The Labute approximate surface area is 107 Å². The molecule has 0 aromatic heterocycles. The highest BCUT2D eigenvalue weighted by molar-refractivity contribution is 7.89. The van der Waals surface area contributed by atoms with Crippen molar-refractivity contribution in [2.24, 2.45) is 0 Å². The van der Waals surface area contributed by atoms with Gasteiger partial charge in [0, 0.05) is 18.6 Å². The van der Waals surface area contributed by atoms with Gasteiger partial charge >= 0.3 is 0 Å². The predicted molar refractivity (Wildman–Crippen MR) is 68.5 cm³/mol. The lowest BCUT2D eigenvalue weighted by Crippen LogP contribution is -2.32. The zero-order valence-electron chi connectivity index (χ0n) is 9.80. The number of sulfonamides is 1. The van der Waals surface area contributed by atoms with Crippen LogP contribution in [0.25, 0.3) is 0 Å². The van der Waals surface area contributed by atoms with Gasteiger partial charge in [0.1, 0.15) is 0 Å². The molecule has 1 unspecified atom stereocenters. The molecule has 1 N–H and O–H groups in total. The van der Waals surface area contributed by atoms with E-state index in [0.717, 1.165) is 4.31 Å². The Morgan fingerprint density at radius 2 is 2.12 bits per heavy atom. The van der Waals surface area contributed by atoms with Crippen molar-refractivity contribution in [2.75, 3.05) is 19.3 Å². The Hall–Kier alpha value is -0.620. The van der Waals surface area contributed by atoms with Crippen LogP contribution in [0.4, 0.5) is 0 Å². The van der Waals surface area contributed by atoms with E-state index in [2.05, 4.69) is 0 Å². The van der Waals surface area contributed by atoms with Crippen molar-refractivity contribution in [1.82, 2.24) is 4.31 Å². The second-order valence-corrected chi connectivity index (χ2v) is 6.55. The summed E-state index contributed by atoms with van der Waals surface area (Å²) < 4.78 is 24.2. The fraction of sp³-hybridized carbons (Fsp3) is 0.455. The maximum Gasteiger partial charge on any atom is 0.213 e. The Kier molecular flexibility index (Phi) is 4.94. The highest BCUT2D eigenvalue weighted by atomic mass is 35.5. The van der Waals surface area contributed by atoms with Crippen LogP contribution in [0.1, 0.15) is 18.6 Å². The second-order valence-electron chi connectivity index (χ2n) is 3.75. The minimum Gasteiger partial charge on any atom is -0.387 e. The van der Waals surface area contributed by atoms with Crippen LogP contribution < -0.4 is 0 Å². The van der Waals surface area contributed by atoms with Gasteiger partial charge in [0.15, 0.2) is 0 Å². The van der Waals surface area contributed by atoms with Crippen LogP contribution in [0.3, 0.4) is 0 Å². The fourth-order valence-electron chi connectivity index (χ4n) is 1.40. The van der Waals surface area contributed by atoms with Crippen molar-refractivity contribution in [1.29, 1.82) is 0 Å². The Balaban J connectivity index is 2.76. The summed E-state index contributed by atoms with van der Waals surface area (Å²) in [4.78, 5) is 0. The monoisotopic (exact) mass is 277 g/mol. The summed E-state index contributed by atoms with van der Waals surface area (Å²) in [6, 6.07) is 6.75. The summed E-state index contributed by atoms with van der Waals surface area (Å²) in [5.41, 5.74) is 0.607. The van der Waals surface area contributed by atoms with Gasteiger partial charge in [-0.05, 0) is 24.6 Å². The molecule has 0 fully saturated rings. The lowest BCUT2D eigenvalue weighted by molar-refractivity contribution is 0.155. The summed E-state index contributed by atoms with van der Waals surface area (Å²) in [6.45, 7) is 1.59. The number of benzene rings is 1. The topological polar surface area (TPSA) is 57.6 Å². The number of halogens is 1. The first-order chi connectivity index (χ1) is 7.86. The molecule has 6 heteroatoms. The molecule has 0 spiro atoms. The first kappa shape index (κ1) is 14.4. The second kappa shape index (κ2) is 5.82. The SMILES string of the molecule is CCS(=O)(=O)N(C)CC(O)c1cccc(Cl)c1. The number of hydrogen-bond donors (Lipinski definition) is 1. The number of likely N-dealkylation sites (N-methyl/N-ethyl adjacent to an activating group) is 1. The van der Waals surface area contributed by atoms with Crippen molar-refractivity contribution in [2.45, 2.75) is 13.0 Å². The molecule has 4 nitrogen and oxygen atoms in total. The lowest BCUT2D eigenvalue weighted by atomic mass is 10.1. The van der Waals surface area contributed by atoms with Crippen molar-refractivity contribution in [3.8, 4) is 0 Å². The Bertz CT molecular complexity index is 475. The molecule has 1 aromatic rings. The van der Waals surface area contributed by atoms with E-state index in [0.29, 0.717) is 10.6 Å². The number of aliphatic hydroxyl groups is 1. The molecule has 1 aromatic carbocycles. The van der Waals surface area contributed by atoms with E-state index in [1.807, 2.05) is 0 Å². The first-order valence-corrected chi connectivity index (χ1v) is 7.23. The van der Waals surface area contributed by atoms with E-state index in [1.54, 1.807) is 31.2 Å². The van der Waals surface area contributed by atoms with Gasteiger partial charge in [0.05, 0.1) is 11.9 Å². The van der Waals surface area contributed by atoms with Crippen LogP contribution in [0, 0.1) is 0 Å². The third-order valence-corrected chi connectivity index (χ3v) is 4.57. The largest absolute Gasteiger partial charge is 0.387 e. The van der Waals surface area contributed by atoms with Crippen LogP contribution in [0.5, 0.6) is 0 Å². The standard InChI is InChI=1S/C11H16ClNO3S/c1-3-17(15,16)13(2)8-11(14)9-5-4-6-10(12)7-9/h4-7,11,14H,3,8H2,1-2H3. The molecule has 0 radical (unpaired) electrons. The normalized spacial score (nSPS) is 13.9. The van der Waals surface area contributed by atoms with E-state index in [1.165, 1.54) is 7.05 Å². The number of hydrogen-bond acceptors (Lipinski definition) is 3. The Morgan fingerprint density at radius 3 is 2.65 bits per heavy atom. The van der Waals surface area contributed by atoms with E-state index in [4.69, 9.17) is 11.6 Å². The van der Waals surface area contributed by atoms with Crippen molar-refractivity contribution < 1.29 is 13.5 Å². The highest BCUT2D eigenvalue weighted by Gasteiger charge is 2.19. The minimum absolute atomic E-state index is 0.0196. The van der Waals surface area contributed by atoms with Crippen molar-refractivity contribution in [3.63, 3.8) is 0 Å². The quantitative estimate of drug-likeness (QED) is 0.890. The number of nitrogens with zero attached hydrogens (tertiary/aromatic N) is 1. The van der Waals surface area contributed by atoms with Gasteiger partial charge in [0.25, 0.3) is 0 Å². The predicted octanol–water partition coefficient (Wildman–Crippen LogP) is 1.65. The zero-order chi connectivity index (χ0) is 13.1. The molecule has 0 aliphatic carbocycles. The molecule has 0 saturated heterocycles. The molecule has 0 saturated carbocycles. The smallest absolute Gasteiger partial charge is 0.213 e. The minimum atomic E-state index is -3.27. The van der Waals surface area contributed by atoms with Gasteiger partial charge in [-0.1, -0.05) is 23.7 Å². The zero-order valence-corrected chi connectivity index (χ0v) is 11.4. The van der Waals surface area contributed by atoms with Gasteiger partial charge in [-0.2, -0.15) is 0 Å². The van der Waals surface area contributed by atoms with Crippen LogP contribution >= 0.6 is 11.6 Å². The summed E-state index contributed by atoms with van der Waals surface area (Å²) in [5, 5.41) is 10.4. The van der Waals surface area contributed by atoms with E-state index >= 15 is 0 Å². The molecular weight excluding hydrogens is 262 g/mol. The van der Waals surface area contributed by atoms with Gasteiger partial charge in [-0.25, -0.2) is 12.7 Å². The average molecular weight is 278 g/mol. The molecule has 1 atom stereocenters.